The highest BCUT2D eigenvalue weighted by molar-refractivity contribution is 8.00. The Balaban J connectivity index is 1.44. The van der Waals surface area contributed by atoms with Gasteiger partial charge in [0.2, 0.25) is 11.8 Å². The number of ether oxygens (including phenoxy) is 1. The highest BCUT2D eigenvalue weighted by Gasteiger charge is 2.25. The van der Waals surface area contributed by atoms with E-state index >= 15 is 0 Å². The highest BCUT2D eigenvalue weighted by Crippen LogP contribution is 2.41. The lowest BCUT2D eigenvalue weighted by Crippen LogP contribution is -2.15. The maximum atomic E-state index is 13.1. The van der Waals surface area contributed by atoms with Gasteiger partial charge in [0.1, 0.15) is 16.6 Å². The Hall–Kier alpha value is -3.42. The normalized spacial score (nSPS) is 11.8. The molecule has 1 aromatic heterocycles. The number of halogens is 2. The van der Waals surface area contributed by atoms with E-state index in [1.54, 1.807) is 6.07 Å². The van der Waals surface area contributed by atoms with Crippen molar-refractivity contribution < 1.29 is 13.9 Å². The van der Waals surface area contributed by atoms with E-state index in [0.29, 0.717) is 39.6 Å². The van der Waals surface area contributed by atoms with Crippen LogP contribution in [-0.4, -0.2) is 21.6 Å². The Morgan fingerprint density at radius 2 is 1.85 bits per heavy atom. The van der Waals surface area contributed by atoms with Crippen LogP contribution in [0.15, 0.2) is 77.8 Å². The molecule has 4 aromatic rings. The maximum absolute atomic E-state index is 13.1. The van der Waals surface area contributed by atoms with Crippen LogP contribution in [0.1, 0.15) is 11.1 Å². The Bertz CT molecular complexity index is 1330. The number of aromatic nitrogens is 2. The fraction of sp³-hybridized carbons (Fsp3) is 0.0800. The summed E-state index contributed by atoms with van der Waals surface area (Å²) in [7, 11) is 0. The number of carbonyl (C=O) groups excluding carboxylic acids is 1. The van der Waals surface area contributed by atoms with Gasteiger partial charge in [-0.3, -0.25) is 4.79 Å². The first-order chi connectivity index (χ1) is 16.0. The van der Waals surface area contributed by atoms with Gasteiger partial charge in [-0.15, -0.1) is 0 Å². The van der Waals surface area contributed by atoms with Crippen LogP contribution in [0.25, 0.3) is 11.4 Å². The third-order valence-corrected chi connectivity index (χ3v) is 6.28. The van der Waals surface area contributed by atoms with Crippen molar-refractivity contribution in [1.82, 2.24) is 9.97 Å². The minimum absolute atomic E-state index is 0.122. The molecule has 5 nitrogen and oxygen atoms in total. The molecule has 1 aliphatic rings. The first kappa shape index (κ1) is 21.4. The molecule has 0 unspecified atom stereocenters. The van der Waals surface area contributed by atoms with E-state index in [2.05, 4.69) is 10.3 Å². The molecule has 8 heteroatoms. The lowest BCUT2D eigenvalue weighted by atomic mass is 10.0. The van der Waals surface area contributed by atoms with Gasteiger partial charge in [-0.05, 0) is 42.5 Å². The number of carbonyl (C=O) groups is 1. The second-order valence-electron chi connectivity index (χ2n) is 7.38. The summed E-state index contributed by atoms with van der Waals surface area (Å²) in [6, 6.07) is 20.7. The SMILES string of the molecule is O=C(CSc1nc(-c2ccccc2)nc2c1Cc1cc(Cl)ccc1O2)Nc1ccc(F)cc1. The summed E-state index contributed by atoms with van der Waals surface area (Å²) in [5.41, 5.74) is 3.12. The number of rotatable bonds is 5. The van der Waals surface area contributed by atoms with Crippen LogP contribution in [0, 0.1) is 5.82 Å². The largest absolute Gasteiger partial charge is 0.438 e. The van der Waals surface area contributed by atoms with Gasteiger partial charge in [-0.1, -0.05) is 53.7 Å². The quantitative estimate of drug-likeness (QED) is 0.235. The molecule has 0 saturated carbocycles. The minimum Gasteiger partial charge on any atom is -0.438 e. The zero-order valence-corrected chi connectivity index (χ0v) is 18.8. The number of anilines is 1. The van der Waals surface area contributed by atoms with E-state index in [9.17, 15) is 9.18 Å². The predicted molar refractivity (Wildman–Crippen MR) is 128 cm³/mol. The van der Waals surface area contributed by atoms with Crippen LogP contribution in [0.5, 0.6) is 11.6 Å². The summed E-state index contributed by atoms with van der Waals surface area (Å²) in [5.74, 6) is 1.24. The molecule has 2 heterocycles. The number of hydrogen-bond acceptors (Lipinski definition) is 5. The molecule has 0 atom stereocenters. The lowest BCUT2D eigenvalue weighted by molar-refractivity contribution is -0.113. The van der Waals surface area contributed by atoms with Crippen LogP contribution in [0.2, 0.25) is 5.02 Å². The molecule has 33 heavy (non-hydrogen) atoms. The monoisotopic (exact) mass is 477 g/mol. The Kier molecular flexibility index (Phi) is 5.98. The van der Waals surface area contributed by atoms with Crippen LogP contribution < -0.4 is 10.1 Å². The Morgan fingerprint density at radius 1 is 1.06 bits per heavy atom. The van der Waals surface area contributed by atoms with Crippen molar-refractivity contribution in [2.75, 3.05) is 11.1 Å². The lowest BCUT2D eigenvalue weighted by Gasteiger charge is -2.22. The molecular formula is C25H17ClFN3O2S. The standard InChI is InChI=1S/C25H17ClFN3O2S/c26-17-6-11-21-16(12-17)13-20-24(32-21)29-23(15-4-2-1-3-5-15)30-25(20)33-14-22(31)28-19-9-7-18(27)8-10-19/h1-12H,13-14H2,(H,28,31). The van der Waals surface area contributed by atoms with Gasteiger partial charge in [0.25, 0.3) is 0 Å². The minimum atomic E-state index is -0.358. The van der Waals surface area contributed by atoms with Crippen LogP contribution in [0.3, 0.4) is 0 Å². The van der Waals surface area contributed by atoms with E-state index < -0.39 is 0 Å². The van der Waals surface area contributed by atoms with Crippen molar-refractivity contribution in [2.45, 2.75) is 11.4 Å². The van der Waals surface area contributed by atoms with Crippen LogP contribution in [-0.2, 0) is 11.2 Å². The van der Waals surface area contributed by atoms with Crippen molar-refractivity contribution >= 4 is 35.0 Å². The van der Waals surface area contributed by atoms with E-state index in [1.165, 1.54) is 36.0 Å². The van der Waals surface area contributed by atoms with Gasteiger partial charge in [-0.2, -0.15) is 4.98 Å². The molecule has 1 amide bonds. The number of fused-ring (bicyclic) bond motifs is 2. The number of hydrogen-bond donors (Lipinski definition) is 1. The van der Waals surface area contributed by atoms with Gasteiger partial charge < -0.3 is 10.1 Å². The fourth-order valence-electron chi connectivity index (χ4n) is 3.46. The van der Waals surface area contributed by atoms with Crippen molar-refractivity contribution in [1.29, 1.82) is 0 Å². The Labute approximate surface area is 199 Å². The van der Waals surface area contributed by atoms with Gasteiger partial charge in [-0.25, -0.2) is 9.37 Å². The fourth-order valence-corrected chi connectivity index (χ4v) is 4.48. The van der Waals surface area contributed by atoms with Gasteiger partial charge >= 0.3 is 0 Å². The van der Waals surface area contributed by atoms with Gasteiger partial charge in [0.15, 0.2) is 5.82 Å². The van der Waals surface area contributed by atoms with E-state index in [1.807, 2.05) is 42.5 Å². The molecule has 5 rings (SSSR count). The molecular weight excluding hydrogens is 461 g/mol. The molecule has 164 valence electrons. The topological polar surface area (TPSA) is 64.1 Å². The smallest absolute Gasteiger partial charge is 0.234 e. The van der Waals surface area contributed by atoms with E-state index in [0.717, 1.165) is 16.7 Å². The van der Waals surface area contributed by atoms with Gasteiger partial charge in [0.05, 0.1) is 11.3 Å². The van der Waals surface area contributed by atoms with Crippen LogP contribution >= 0.6 is 23.4 Å². The Morgan fingerprint density at radius 3 is 2.64 bits per heavy atom. The number of benzene rings is 3. The van der Waals surface area contributed by atoms with Crippen LogP contribution in [0.4, 0.5) is 10.1 Å². The van der Waals surface area contributed by atoms with E-state index in [4.69, 9.17) is 21.3 Å². The number of nitrogens with zero attached hydrogens (tertiary/aromatic N) is 2. The summed E-state index contributed by atoms with van der Waals surface area (Å²) >= 11 is 7.47. The predicted octanol–water partition coefficient (Wildman–Crippen LogP) is 6.36. The van der Waals surface area contributed by atoms with Crippen molar-refractivity contribution in [3.63, 3.8) is 0 Å². The number of amides is 1. The van der Waals surface area contributed by atoms with Crippen molar-refractivity contribution in [3.05, 3.63) is 94.8 Å². The van der Waals surface area contributed by atoms with Crippen molar-refractivity contribution in [3.8, 4) is 23.0 Å². The van der Waals surface area contributed by atoms with E-state index in [-0.39, 0.29) is 17.5 Å². The molecule has 1 aliphatic heterocycles. The summed E-state index contributed by atoms with van der Waals surface area (Å²) in [6.07, 6.45) is 0.544. The first-order valence-electron chi connectivity index (χ1n) is 10.2. The summed E-state index contributed by atoms with van der Waals surface area (Å²) in [6.45, 7) is 0. The molecule has 0 saturated heterocycles. The highest BCUT2D eigenvalue weighted by atomic mass is 35.5. The molecule has 0 bridgehead atoms. The average Bonchev–Trinajstić information content (AvgIpc) is 2.83. The summed E-state index contributed by atoms with van der Waals surface area (Å²) in [4.78, 5) is 21.9. The number of nitrogens with one attached hydrogen (secondary N) is 1. The molecule has 0 spiro atoms. The third-order valence-electron chi connectivity index (χ3n) is 5.03. The second kappa shape index (κ2) is 9.21. The molecule has 3 aromatic carbocycles. The molecule has 0 fully saturated rings. The zero-order valence-electron chi connectivity index (χ0n) is 17.2. The zero-order chi connectivity index (χ0) is 22.8. The number of thioether (sulfide) groups is 1. The summed E-state index contributed by atoms with van der Waals surface area (Å²) < 4.78 is 19.2. The first-order valence-corrected chi connectivity index (χ1v) is 11.5. The molecule has 1 N–H and O–H groups in total. The average molecular weight is 478 g/mol. The van der Waals surface area contributed by atoms with Gasteiger partial charge in [0, 0.05) is 28.3 Å². The van der Waals surface area contributed by atoms with Crippen molar-refractivity contribution in [2.24, 2.45) is 0 Å². The molecule has 0 aliphatic carbocycles. The summed E-state index contributed by atoms with van der Waals surface area (Å²) in [5, 5.41) is 4.06. The third kappa shape index (κ3) is 4.84. The maximum Gasteiger partial charge on any atom is 0.234 e. The molecule has 0 radical (unpaired) electrons. The second-order valence-corrected chi connectivity index (χ2v) is 8.78.